The van der Waals surface area contributed by atoms with Crippen molar-refractivity contribution in [2.75, 3.05) is 6.79 Å². The number of aliphatic hydroxyl groups excluding tert-OH is 1. The molecule has 1 N–H and O–H groups in total. The summed E-state index contributed by atoms with van der Waals surface area (Å²) >= 11 is 0. The molecule has 1 aliphatic heterocycles. The van der Waals surface area contributed by atoms with Gasteiger partial charge in [-0.3, -0.25) is 0 Å². The lowest BCUT2D eigenvalue weighted by atomic mass is 10.1. The van der Waals surface area contributed by atoms with E-state index in [2.05, 4.69) is 0 Å². The van der Waals surface area contributed by atoms with Gasteiger partial charge in [0, 0.05) is 12.0 Å². The van der Waals surface area contributed by atoms with E-state index >= 15 is 0 Å². The lowest BCUT2D eigenvalue weighted by Gasteiger charge is -2.08. The summed E-state index contributed by atoms with van der Waals surface area (Å²) in [5, 5.41) is 9.20. The van der Waals surface area contributed by atoms with Gasteiger partial charge in [0.1, 0.15) is 5.82 Å². The molecule has 76 valence electrons. The van der Waals surface area contributed by atoms with Gasteiger partial charge < -0.3 is 14.6 Å². The maximum atomic E-state index is 13.4. The number of ether oxygens (including phenoxy) is 2. The molecule has 1 heterocycles. The zero-order valence-corrected chi connectivity index (χ0v) is 7.79. The number of hydrogen-bond acceptors (Lipinski definition) is 3. The van der Waals surface area contributed by atoms with Gasteiger partial charge in [0.15, 0.2) is 11.5 Å². The number of rotatable bonds is 2. The van der Waals surface area contributed by atoms with Gasteiger partial charge in [-0.25, -0.2) is 4.39 Å². The number of aliphatic hydroxyl groups is 1. The van der Waals surface area contributed by atoms with Crippen molar-refractivity contribution in [3.05, 3.63) is 23.5 Å². The van der Waals surface area contributed by atoms with Crippen LogP contribution in [-0.2, 0) is 6.42 Å². The molecule has 0 aromatic heterocycles. The van der Waals surface area contributed by atoms with Crippen molar-refractivity contribution in [1.29, 1.82) is 0 Å². The first-order valence-electron chi connectivity index (χ1n) is 4.43. The highest BCUT2D eigenvalue weighted by molar-refractivity contribution is 5.49. The molecule has 1 aliphatic rings. The second-order valence-electron chi connectivity index (χ2n) is 3.31. The third-order valence-corrected chi connectivity index (χ3v) is 2.08. The lowest BCUT2D eigenvalue weighted by molar-refractivity contribution is 0.169. The van der Waals surface area contributed by atoms with Crippen LogP contribution >= 0.6 is 0 Å². The van der Waals surface area contributed by atoms with Gasteiger partial charge in [-0.2, -0.15) is 0 Å². The quantitative estimate of drug-likeness (QED) is 0.782. The van der Waals surface area contributed by atoms with Gasteiger partial charge in [-0.1, -0.05) is 0 Å². The van der Waals surface area contributed by atoms with Crippen LogP contribution < -0.4 is 9.47 Å². The van der Waals surface area contributed by atoms with E-state index in [0.29, 0.717) is 17.1 Å². The Balaban J connectivity index is 2.41. The smallest absolute Gasteiger partial charge is 0.231 e. The van der Waals surface area contributed by atoms with E-state index in [-0.39, 0.29) is 19.0 Å². The molecule has 0 saturated heterocycles. The van der Waals surface area contributed by atoms with Crippen molar-refractivity contribution in [2.24, 2.45) is 0 Å². The fourth-order valence-electron chi connectivity index (χ4n) is 1.49. The van der Waals surface area contributed by atoms with Crippen LogP contribution in [-0.4, -0.2) is 18.0 Å². The first-order valence-corrected chi connectivity index (χ1v) is 4.43. The summed E-state index contributed by atoms with van der Waals surface area (Å²) in [6, 6.07) is 2.86. The van der Waals surface area contributed by atoms with Crippen molar-refractivity contribution in [1.82, 2.24) is 0 Å². The van der Waals surface area contributed by atoms with Gasteiger partial charge in [0.05, 0.1) is 6.10 Å². The zero-order valence-electron chi connectivity index (χ0n) is 7.79. The summed E-state index contributed by atoms with van der Waals surface area (Å²) in [6.07, 6.45) is -0.363. The molecule has 0 amide bonds. The van der Waals surface area contributed by atoms with Crippen LogP contribution in [0.15, 0.2) is 12.1 Å². The molecule has 1 atom stereocenters. The van der Waals surface area contributed by atoms with E-state index in [4.69, 9.17) is 9.47 Å². The van der Waals surface area contributed by atoms with Gasteiger partial charge in [-0.05, 0) is 19.1 Å². The maximum Gasteiger partial charge on any atom is 0.231 e. The first-order chi connectivity index (χ1) is 6.68. The molecule has 1 aromatic rings. The standard InChI is InChI=1S/C10H11FO3/c1-6(12)4-7-8(11)2-3-9-10(7)14-5-13-9/h2-3,6,12H,4-5H2,1H3. The Bertz CT molecular complexity index is 349. The van der Waals surface area contributed by atoms with E-state index in [1.54, 1.807) is 6.92 Å². The van der Waals surface area contributed by atoms with Crippen molar-refractivity contribution in [2.45, 2.75) is 19.4 Å². The number of halogens is 1. The molecule has 1 aromatic carbocycles. The van der Waals surface area contributed by atoms with Gasteiger partial charge in [-0.15, -0.1) is 0 Å². The maximum absolute atomic E-state index is 13.4. The van der Waals surface area contributed by atoms with E-state index in [9.17, 15) is 9.50 Å². The molecule has 1 unspecified atom stereocenters. The van der Waals surface area contributed by atoms with Crippen molar-refractivity contribution in [3.63, 3.8) is 0 Å². The van der Waals surface area contributed by atoms with Gasteiger partial charge in [0.2, 0.25) is 6.79 Å². The average molecular weight is 198 g/mol. The van der Waals surface area contributed by atoms with Crippen LogP contribution in [0, 0.1) is 5.82 Å². The highest BCUT2D eigenvalue weighted by atomic mass is 19.1. The zero-order chi connectivity index (χ0) is 10.1. The minimum absolute atomic E-state index is 0.117. The molecule has 0 bridgehead atoms. The van der Waals surface area contributed by atoms with E-state index in [1.165, 1.54) is 12.1 Å². The predicted octanol–water partition coefficient (Wildman–Crippen LogP) is 1.48. The van der Waals surface area contributed by atoms with Crippen molar-refractivity contribution >= 4 is 0 Å². The largest absolute Gasteiger partial charge is 0.454 e. The van der Waals surface area contributed by atoms with Crippen LogP contribution in [0.25, 0.3) is 0 Å². The van der Waals surface area contributed by atoms with Crippen molar-refractivity contribution < 1.29 is 19.0 Å². The summed E-state index contributed by atoms with van der Waals surface area (Å²) in [4.78, 5) is 0. The Labute approximate surface area is 81.1 Å². The van der Waals surface area contributed by atoms with E-state index < -0.39 is 6.10 Å². The Morgan fingerprint density at radius 1 is 1.50 bits per heavy atom. The van der Waals surface area contributed by atoms with Crippen LogP contribution in [0.4, 0.5) is 4.39 Å². The van der Waals surface area contributed by atoms with Crippen LogP contribution in [0.5, 0.6) is 11.5 Å². The fraction of sp³-hybridized carbons (Fsp3) is 0.400. The second-order valence-corrected chi connectivity index (χ2v) is 3.31. The van der Waals surface area contributed by atoms with Crippen LogP contribution in [0.1, 0.15) is 12.5 Å². The highest BCUT2D eigenvalue weighted by Crippen LogP contribution is 2.37. The van der Waals surface area contributed by atoms with Gasteiger partial charge >= 0.3 is 0 Å². The topological polar surface area (TPSA) is 38.7 Å². The second kappa shape index (κ2) is 3.46. The molecule has 3 nitrogen and oxygen atoms in total. The SMILES string of the molecule is CC(O)Cc1c(F)ccc2c1OCO2. The van der Waals surface area contributed by atoms with E-state index in [0.717, 1.165) is 0 Å². The van der Waals surface area contributed by atoms with Crippen molar-refractivity contribution in [3.8, 4) is 11.5 Å². The summed E-state index contributed by atoms with van der Waals surface area (Å²) in [7, 11) is 0. The lowest BCUT2D eigenvalue weighted by Crippen LogP contribution is -2.07. The number of hydrogen-bond donors (Lipinski definition) is 1. The third kappa shape index (κ3) is 1.53. The predicted molar refractivity (Wildman–Crippen MR) is 47.9 cm³/mol. The molecule has 0 spiro atoms. The van der Waals surface area contributed by atoms with Gasteiger partial charge in [0.25, 0.3) is 0 Å². The normalized spacial score (nSPS) is 15.6. The molecule has 0 aliphatic carbocycles. The first kappa shape index (κ1) is 9.27. The molecule has 0 radical (unpaired) electrons. The number of fused-ring (bicyclic) bond motifs is 1. The molecular weight excluding hydrogens is 187 g/mol. The Hall–Kier alpha value is -1.29. The van der Waals surface area contributed by atoms with Crippen LogP contribution in [0.2, 0.25) is 0 Å². The minimum atomic E-state index is -0.597. The summed E-state index contributed by atoms with van der Waals surface area (Å²) in [5.74, 6) is 0.600. The molecular formula is C10H11FO3. The third-order valence-electron chi connectivity index (χ3n) is 2.08. The Kier molecular flexibility index (Phi) is 2.29. The van der Waals surface area contributed by atoms with Crippen LogP contribution in [0.3, 0.4) is 0 Å². The Morgan fingerprint density at radius 2 is 2.29 bits per heavy atom. The summed E-state index contributed by atoms with van der Waals surface area (Å²) in [6.45, 7) is 1.72. The highest BCUT2D eigenvalue weighted by Gasteiger charge is 2.21. The summed E-state index contributed by atoms with van der Waals surface area (Å²) < 4.78 is 23.6. The molecule has 0 saturated carbocycles. The Morgan fingerprint density at radius 3 is 3.00 bits per heavy atom. The average Bonchev–Trinajstić information content (AvgIpc) is 2.57. The molecule has 14 heavy (non-hydrogen) atoms. The molecule has 2 rings (SSSR count). The molecule has 4 heteroatoms. The monoisotopic (exact) mass is 198 g/mol. The van der Waals surface area contributed by atoms with E-state index in [1.807, 2.05) is 0 Å². The summed E-state index contributed by atoms with van der Waals surface area (Å²) in [5.41, 5.74) is 0.384. The number of benzene rings is 1. The minimum Gasteiger partial charge on any atom is -0.454 e. The molecule has 0 fully saturated rings. The fourth-order valence-corrected chi connectivity index (χ4v) is 1.49.